The van der Waals surface area contributed by atoms with E-state index in [9.17, 15) is 17.6 Å². The van der Waals surface area contributed by atoms with Crippen LogP contribution in [0.4, 0.5) is 10.1 Å². The molecule has 0 unspecified atom stereocenters. The van der Waals surface area contributed by atoms with Crippen LogP contribution in [0, 0.1) is 12.7 Å². The molecule has 0 aliphatic heterocycles. The second-order valence-corrected chi connectivity index (χ2v) is 9.31. The summed E-state index contributed by atoms with van der Waals surface area (Å²) >= 11 is 1.03. The number of para-hydroxylation sites is 1. The molecule has 0 radical (unpaired) electrons. The van der Waals surface area contributed by atoms with Crippen molar-refractivity contribution in [3.8, 4) is 5.75 Å². The first-order chi connectivity index (χ1) is 15.2. The van der Waals surface area contributed by atoms with E-state index in [1.807, 2.05) is 0 Å². The Morgan fingerprint density at radius 2 is 2.00 bits per heavy atom. The van der Waals surface area contributed by atoms with Crippen LogP contribution in [0.1, 0.15) is 11.4 Å². The van der Waals surface area contributed by atoms with Crippen LogP contribution in [-0.2, 0) is 21.4 Å². The van der Waals surface area contributed by atoms with Gasteiger partial charge in [0.25, 0.3) is 0 Å². The molecular formula is C19H21FN6O4S2. The summed E-state index contributed by atoms with van der Waals surface area (Å²) in [6, 6.07) is 10.5. The van der Waals surface area contributed by atoms with E-state index >= 15 is 0 Å². The number of nitrogens with one attached hydrogen (secondary N) is 2. The van der Waals surface area contributed by atoms with Crippen LogP contribution < -0.4 is 20.6 Å². The van der Waals surface area contributed by atoms with E-state index in [1.165, 1.54) is 25.2 Å². The molecule has 0 spiro atoms. The van der Waals surface area contributed by atoms with Gasteiger partial charge in [-0.2, -0.15) is 0 Å². The summed E-state index contributed by atoms with van der Waals surface area (Å²) in [6.07, 6.45) is 0. The predicted octanol–water partition coefficient (Wildman–Crippen LogP) is 1.66. The number of amides is 1. The Morgan fingerprint density at radius 1 is 1.25 bits per heavy atom. The van der Waals surface area contributed by atoms with Crippen LogP contribution >= 0.6 is 11.8 Å². The third-order valence-corrected chi connectivity index (χ3v) is 6.79. The molecule has 3 aromatic rings. The third-order valence-electron chi connectivity index (χ3n) is 4.29. The van der Waals surface area contributed by atoms with Gasteiger partial charge in [0, 0.05) is 5.69 Å². The lowest BCUT2D eigenvalue weighted by Gasteiger charge is -2.10. The van der Waals surface area contributed by atoms with E-state index < -0.39 is 15.8 Å². The van der Waals surface area contributed by atoms with Crippen LogP contribution in [0.25, 0.3) is 0 Å². The zero-order chi connectivity index (χ0) is 23.3. The summed E-state index contributed by atoms with van der Waals surface area (Å²) in [4.78, 5) is 12.4. The molecule has 0 atom stereocenters. The number of halogens is 1. The highest BCUT2D eigenvalue weighted by Crippen LogP contribution is 2.21. The number of anilines is 1. The summed E-state index contributed by atoms with van der Waals surface area (Å²) in [5.41, 5.74) is 0.885. The van der Waals surface area contributed by atoms with Gasteiger partial charge >= 0.3 is 0 Å². The molecule has 170 valence electrons. The molecule has 0 bridgehead atoms. The van der Waals surface area contributed by atoms with Gasteiger partial charge in [0.15, 0.2) is 17.4 Å². The van der Waals surface area contributed by atoms with Crippen molar-refractivity contribution in [3.05, 3.63) is 59.7 Å². The van der Waals surface area contributed by atoms with Crippen LogP contribution in [0.2, 0.25) is 0 Å². The number of hydrogen-bond acceptors (Lipinski definition) is 8. The highest BCUT2D eigenvalue weighted by Gasteiger charge is 2.17. The smallest absolute Gasteiger partial charge is 0.240 e. The SMILES string of the molecule is CNS(=O)(=O)c1cc(NC(=O)CSc2nnc(COc3ccccc3F)n2N)ccc1C. The number of aryl methyl sites for hydroxylation is 1. The molecular weight excluding hydrogens is 459 g/mol. The number of thioether (sulfide) groups is 1. The van der Waals surface area contributed by atoms with Crippen molar-refractivity contribution in [1.29, 1.82) is 0 Å². The lowest BCUT2D eigenvalue weighted by molar-refractivity contribution is -0.113. The summed E-state index contributed by atoms with van der Waals surface area (Å²) in [7, 11) is -2.34. The van der Waals surface area contributed by atoms with Crippen molar-refractivity contribution >= 4 is 33.4 Å². The van der Waals surface area contributed by atoms with Gasteiger partial charge in [-0.05, 0) is 43.8 Å². The average molecular weight is 481 g/mol. The number of carbonyl (C=O) groups excluding carboxylic acids is 1. The number of aromatic nitrogens is 3. The van der Waals surface area contributed by atoms with E-state index in [-0.39, 0.29) is 39.9 Å². The highest BCUT2D eigenvalue weighted by atomic mass is 32.2. The lowest BCUT2D eigenvalue weighted by atomic mass is 10.2. The quantitative estimate of drug-likeness (QED) is 0.310. The Bertz CT molecular complexity index is 1230. The Labute approximate surface area is 188 Å². The number of nitrogen functional groups attached to an aromatic ring is 1. The van der Waals surface area contributed by atoms with Gasteiger partial charge in [0.2, 0.25) is 21.1 Å². The van der Waals surface area contributed by atoms with Crippen LogP contribution in [0.3, 0.4) is 0 Å². The number of sulfonamides is 1. The maximum Gasteiger partial charge on any atom is 0.240 e. The molecule has 32 heavy (non-hydrogen) atoms. The largest absolute Gasteiger partial charge is 0.482 e. The van der Waals surface area contributed by atoms with Crippen molar-refractivity contribution in [2.45, 2.75) is 23.6 Å². The van der Waals surface area contributed by atoms with Gasteiger partial charge in [0.05, 0.1) is 10.6 Å². The molecule has 0 fully saturated rings. The monoisotopic (exact) mass is 480 g/mol. The van der Waals surface area contributed by atoms with E-state index in [2.05, 4.69) is 20.2 Å². The van der Waals surface area contributed by atoms with Crippen molar-refractivity contribution in [1.82, 2.24) is 19.6 Å². The van der Waals surface area contributed by atoms with E-state index in [1.54, 1.807) is 31.2 Å². The molecule has 0 aliphatic carbocycles. The Morgan fingerprint density at radius 3 is 2.72 bits per heavy atom. The second kappa shape index (κ2) is 9.97. The molecule has 0 saturated carbocycles. The summed E-state index contributed by atoms with van der Waals surface area (Å²) in [5, 5.41) is 10.7. The Hall–Kier alpha value is -3.16. The molecule has 2 aromatic carbocycles. The standard InChI is InChI=1S/C19H21FN6O4S2/c1-12-7-8-13(9-16(12)32(28,29)22-2)23-18(27)11-31-19-25-24-17(26(19)21)10-30-15-6-4-3-5-14(15)20/h3-9,22H,10-11,21H2,1-2H3,(H,23,27). The average Bonchev–Trinajstić information content (AvgIpc) is 3.12. The number of carbonyl (C=O) groups is 1. The number of nitrogens with zero attached hydrogens (tertiary/aromatic N) is 3. The fourth-order valence-corrected chi connectivity index (χ4v) is 4.28. The van der Waals surface area contributed by atoms with Gasteiger partial charge in [-0.15, -0.1) is 10.2 Å². The zero-order valence-corrected chi connectivity index (χ0v) is 18.8. The molecule has 1 amide bonds. The Kier molecular flexibility index (Phi) is 7.33. The molecule has 10 nitrogen and oxygen atoms in total. The van der Waals surface area contributed by atoms with Crippen molar-refractivity contribution in [2.24, 2.45) is 0 Å². The molecule has 1 aromatic heterocycles. The summed E-state index contributed by atoms with van der Waals surface area (Å²) in [6.45, 7) is 1.55. The number of rotatable bonds is 9. The summed E-state index contributed by atoms with van der Waals surface area (Å²) in [5.74, 6) is 5.29. The van der Waals surface area contributed by atoms with E-state index in [0.29, 0.717) is 11.3 Å². The van der Waals surface area contributed by atoms with Gasteiger partial charge in [0.1, 0.15) is 6.61 Å². The number of nitrogens with two attached hydrogens (primary N) is 1. The fourth-order valence-electron chi connectivity index (χ4n) is 2.61. The third kappa shape index (κ3) is 5.55. The number of benzene rings is 2. The minimum atomic E-state index is -3.65. The maximum atomic E-state index is 13.6. The van der Waals surface area contributed by atoms with Crippen molar-refractivity contribution in [3.63, 3.8) is 0 Å². The van der Waals surface area contributed by atoms with E-state index in [0.717, 1.165) is 16.4 Å². The minimum Gasteiger partial charge on any atom is -0.482 e. The zero-order valence-electron chi connectivity index (χ0n) is 17.2. The predicted molar refractivity (Wildman–Crippen MR) is 118 cm³/mol. The molecule has 1 heterocycles. The van der Waals surface area contributed by atoms with Crippen molar-refractivity contribution in [2.75, 3.05) is 24.0 Å². The molecule has 3 rings (SSSR count). The minimum absolute atomic E-state index is 0.0501. The lowest BCUT2D eigenvalue weighted by Crippen LogP contribution is -2.21. The topological polar surface area (TPSA) is 141 Å². The first-order valence-electron chi connectivity index (χ1n) is 9.25. The number of ether oxygens (including phenoxy) is 1. The Balaban J connectivity index is 1.59. The van der Waals surface area contributed by atoms with E-state index in [4.69, 9.17) is 10.6 Å². The van der Waals surface area contributed by atoms with Gasteiger partial charge in [-0.1, -0.05) is 30.0 Å². The number of hydrogen-bond donors (Lipinski definition) is 3. The molecule has 13 heteroatoms. The van der Waals surface area contributed by atoms with Gasteiger partial charge in [-0.25, -0.2) is 22.2 Å². The first-order valence-corrected chi connectivity index (χ1v) is 11.7. The summed E-state index contributed by atoms with van der Waals surface area (Å²) < 4.78 is 46.6. The van der Waals surface area contributed by atoms with Crippen LogP contribution in [-0.4, -0.2) is 42.0 Å². The molecule has 4 N–H and O–H groups in total. The molecule has 0 aliphatic rings. The first kappa shape index (κ1) is 23.5. The normalized spacial score (nSPS) is 11.3. The molecule has 0 saturated heterocycles. The van der Waals surface area contributed by atoms with Gasteiger partial charge in [-0.3, -0.25) is 4.79 Å². The van der Waals surface area contributed by atoms with Crippen LogP contribution in [0.5, 0.6) is 5.75 Å². The fraction of sp³-hybridized carbons (Fsp3) is 0.211. The maximum absolute atomic E-state index is 13.6. The highest BCUT2D eigenvalue weighted by molar-refractivity contribution is 7.99. The van der Waals surface area contributed by atoms with Crippen molar-refractivity contribution < 1.29 is 22.3 Å². The second-order valence-electron chi connectivity index (χ2n) is 6.51. The van der Waals surface area contributed by atoms with Crippen LogP contribution in [0.15, 0.2) is 52.5 Å². The van der Waals surface area contributed by atoms with Gasteiger partial charge < -0.3 is 15.9 Å².